The van der Waals surface area contributed by atoms with Crippen LogP contribution in [-0.4, -0.2) is 18.3 Å². The fourth-order valence-electron chi connectivity index (χ4n) is 2.14. The minimum Gasteiger partial charge on any atom is -0.396 e. The second-order valence-corrected chi connectivity index (χ2v) is 6.73. The van der Waals surface area contributed by atoms with Gasteiger partial charge in [-0.2, -0.15) is 0 Å². The summed E-state index contributed by atoms with van der Waals surface area (Å²) in [6, 6.07) is 2.07. The minimum absolute atomic E-state index is 0.103. The van der Waals surface area contributed by atoms with Gasteiger partial charge in [-0.25, -0.2) is 0 Å². The Morgan fingerprint density at radius 3 is 2.75 bits per heavy atom. The van der Waals surface area contributed by atoms with Crippen molar-refractivity contribution < 1.29 is 5.11 Å². The molecule has 0 spiro atoms. The van der Waals surface area contributed by atoms with Gasteiger partial charge < -0.3 is 10.8 Å². The number of hydrogen-bond donors (Lipinski definition) is 2. The second kappa shape index (κ2) is 5.17. The third kappa shape index (κ3) is 2.86. The lowest BCUT2D eigenvalue weighted by molar-refractivity contribution is 0.116. The molecule has 0 radical (unpaired) electrons. The molecule has 16 heavy (non-hydrogen) atoms. The zero-order valence-electron chi connectivity index (χ0n) is 9.29. The van der Waals surface area contributed by atoms with Gasteiger partial charge in [-0.3, -0.25) is 0 Å². The molecule has 1 aliphatic rings. The van der Waals surface area contributed by atoms with Gasteiger partial charge in [-0.15, -0.1) is 11.3 Å². The predicted octanol–water partition coefficient (Wildman–Crippen LogP) is 2.79. The first kappa shape index (κ1) is 12.6. The molecule has 1 saturated carbocycles. The molecule has 0 amide bonds. The van der Waals surface area contributed by atoms with E-state index in [-0.39, 0.29) is 12.0 Å². The molecular formula is C12H18BrNOS. The van der Waals surface area contributed by atoms with Crippen LogP contribution in [0.3, 0.4) is 0 Å². The number of rotatable bonds is 6. The molecule has 0 bridgehead atoms. The van der Waals surface area contributed by atoms with E-state index in [4.69, 9.17) is 5.73 Å². The number of aliphatic hydroxyl groups excluding tert-OH is 1. The Hall–Kier alpha value is 0.100. The number of aliphatic hydroxyl groups is 1. The summed E-state index contributed by atoms with van der Waals surface area (Å²) in [6.45, 7) is 0.773. The monoisotopic (exact) mass is 303 g/mol. The van der Waals surface area contributed by atoms with Crippen molar-refractivity contribution in [2.45, 2.75) is 25.7 Å². The predicted molar refractivity (Wildman–Crippen MR) is 71.6 cm³/mol. The van der Waals surface area contributed by atoms with Crippen molar-refractivity contribution in [3.05, 3.63) is 20.8 Å². The van der Waals surface area contributed by atoms with Crippen LogP contribution in [-0.2, 0) is 6.42 Å². The van der Waals surface area contributed by atoms with Crippen LogP contribution in [0.15, 0.2) is 15.9 Å². The van der Waals surface area contributed by atoms with Gasteiger partial charge in [0.2, 0.25) is 0 Å². The first-order valence-electron chi connectivity index (χ1n) is 5.72. The summed E-state index contributed by atoms with van der Waals surface area (Å²) in [4.78, 5) is 1.31. The molecule has 1 aliphatic carbocycles. The Labute approximate surface area is 109 Å². The Kier molecular flexibility index (Phi) is 4.06. The summed E-state index contributed by atoms with van der Waals surface area (Å²) in [5.41, 5.74) is 5.79. The van der Waals surface area contributed by atoms with Crippen molar-refractivity contribution in [2.75, 3.05) is 13.2 Å². The van der Waals surface area contributed by atoms with Crippen molar-refractivity contribution >= 4 is 27.3 Å². The van der Waals surface area contributed by atoms with Crippen LogP contribution in [0.25, 0.3) is 0 Å². The third-order valence-electron chi connectivity index (χ3n) is 3.41. The number of hydrogen-bond acceptors (Lipinski definition) is 3. The molecular weight excluding hydrogens is 286 g/mol. The van der Waals surface area contributed by atoms with E-state index in [9.17, 15) is 5.11 Å². The summed E-state index contributed by atoms with van der Waals surface area (Å²) in [6.07, 6.45) is 4.60. The van der Waals surface area contributed by atoms with Crippen LogP contribution in [0.4, 0.5) is 0 Å². The highest BCUT2D eigenvalue weighted by Gasteiger charge is 2.36. The zero-order valence-corrected chi connectivity index (χ0v) is 11.7. The van der Waals surface area contributed by atoms with Gasteiger partial charge in [0, 0.05) is 21.3 Å². The molecule has 4 heteroatoms. The number of thiophene rings is 1. The number of halogens is 1. The van der Waals surface area contributed by atoms with Crippen molar-refractivity contribution in [3.63, 3.8) is 0 Å². The Bertz CT molecular complexity index is 345. The Balaban J connectivity index is 2.08. The van der Waals surface area contributed by atoms with Crippen molar-refractivity contribution in [2.24, 2.45) is 17.1 Å². The van der Waals surface area contributed by atoms with E-state index in [1.54, 1.807) is 11.3 Å². The van der Waals surface area contributed by atoms with E-state index in [2.05, 4.69) is 27.4 Å². The Morgan fingerprint density at radius 2 is 2.31 bits per heavy atom. The molecule has 2 nitrogen and oxygen atoms in total. The zero-order chi connectivity index (χ0) is 11.6. The maximum absolute atomic E-state index is 9.65. The van der Waals surface area contributed by atoms with E-state index in [0.717, 1.165) is 23.2 Å². The highest BCUT2D eigenvalue weighted by Crippen LogP contribution is 2.42. The molecule has 1 fully saturated rings. The van der Waals surface area contributed by atoms with E-state index in [1.807, 2.05) is 0 Å². The standard InChI is InChI=1S/C12H18BrNOS/c13-10-3-4-16-11(10)6-12(7-14,8-15)5-9-1-2-9/h3-4,9,15H,1-2,5-8,14H2. The summed E-state index contributed by atoms with van der Waals surface area (Å²) in [5, 5.41) is 11.7. The molecule has 0 aliphatic heterocycles. The normalized spacial score (nSPS) is 19.7. The van der Waals surface area contributed by atoms with Gasteiger partial charge in [0.25, 0.3) is 0 Å². The SMILES string of the molecule is NCC(CO)(Cc1sccc1Br)CC1CC1. The summed E-state index contributed by atoms with van der Waals surface area (Å²) in [7, 11) is 0. The van der Waals surface area contributed by atoms with Gasteiger partial charge >= 0.3 is 0 Å². The number of nitrogens with two attached hydrogens (primary N) is 1. The van der Waals surface area contributed by atoms with Crippen LogP contribution in [0.2, 0.25) is 0 Å². The fraction of sp³-hybridized carbons (Fsp3) is 0.667. The smallest absolute Gasteiger partial charge is 0.0503 e. The third-order valence-corrected chi connectivity index (χ3v) is 5.34. The highest BCUT2D eigenvalue weighted by atomic mass is 79.9. The van der Waals surface area contributed by atoms with Crippen LogP contribution in [0.5, 0.6) is 0 Å². The van der Waals surface area contributed by atoms with Crippen molar-refractivity contribution in [1.29, 1.82) is 0 Å². The molecule has 3 N–H and O–H groups in total. The second-order valence-electron chi connectivity index (χ2n) is 4.88. The largest absolute Gasteiger partial charge is 0.396 e. The average molecular weight is 304 g/mol. The van der Waals surface area contributed by atoms with Gasteiger partial charge in [-0.05, 0) is 46.1 Å². The van der Waals surface area contributed by atoms with Crippen molar-refractivity contribution in [1.82, 2.24) is 0 Å². The van der Waals surface area contributed by atoms with Crippen LogP contribution in [0, 0.1) is 11.3 Å². The maximum Gasteiger partial charge on any atom is 0.0503 e. The molecule has 1 unspecified atom stereocenters. The molecule has 1 aromatic heterocycles. The molecule has 0 aromatic carbocycles. The molecule has 1 aromatic rings. The summed E-state index contributed by atoms with van der Waals surface area (Å²) in [5.74, 6) is 0.800. The van der Waals surface area contributed by atoms with Gasteiger partial charge in [0.1, 0.15) is 0 Å². The molecule has 0 saturated heterocycles. The topological polar surface area (TPSA) is 46.2 Å². The van der Waals surface area contributed by atoms with E-state index in [1.165, 1.54) is 17.7 Å². The molecule has 1 atom stereocenters. The quantitative estimate of drug-likeness (QED) is 0.849. The maximum atomic E-state index is 9.65. The van der Waals surface area contributed by atoms with Crippen LogP contribution in [0.1, 0.15) is 24.1 Å². The summed E-state index contributed by atoms with van der Waals surface area (Å²) >= 11 is 5.29. The van der Waals surface area contributed by atoms with Crippen LogP contribution >= 0.6 is 27.3 Å². The molecule has 2 rings (SSSR count). The lowest BCUT2D eigenvalue weighted by Gasteiger charge is -2.30. The van der Waals surface area contributed by atoms with Gasteiger partial charge in [-0.1, -0.05) is 12.8 Å². The lowest BCUT2D eigenvalue weighted by Crippen LogP contribution is -2.37. The first-order chi connectivity index (χ1) is 7.69. The van der Waals surface area contributed by atoms with Gasteiger partial charge in [0.15, 0.2) is 0 Å². The van der Waals surface area contributed by atoms with E-state index in [0.29, 0.717) is 6.54 Å². The highest BCUT2D eigenvalue weighted by molar-refractivity contribution is 9.10. The van der Waals surface area contributed by atoms with E-state index >= 15 is 0 Å². The van der Waals surface area contributed by atoms with E-state index < -0.39 is 0 Å². The first-order valence-corrected chi connectivity index (χ1v) is 7.39. The average Bonchev–Trinajstić information content (AvgIpc) is 3.02. The van der Waals surface area contributed by atoms with Crippen molar-refractivity contribution in [3.8, 4) is 0 Å². The molecule has 1 heterocycles. The Morgan fingerprint density at radius 1 is 1.56 bits per heavy atom. The fourth-order valence-corrected chi connectivity index (χ4v) is 3.81. The molecule has 90 valence electrons. The van der Waals surface area contributed by atoms with Gasteiger partial charge in [0.05, 0.1) is 6.61 Å². The minimum atomic E-state index is -0.103. The lowest BCUT2D eigenvalue weighted by atomic mass is 9.79. The summed E-state index contributed by atoms with van der Waals surface area (Å²) < 4.78 is 1.15. The van der Waals surface area contributed by atoms with Crippen LogP contribution < -0.4 is 5.73 Å².